The number of aliphatic hydroxyl groups is 1. The smallest absolute Gasteiger partial charge is 0.257 e. The van der Waals surface area contributed by atoms with Gasteiger partial charge >= 0.3 is 0 Å². The highest BCUT2D eigenvalue weighted by molar-refractivity contribution is 6.06. The minimum atomic E-state index is -0.262. The number of hydrogen-bond donors (Lipinski definition) is 2. The summed E-state index contributed by atoms with van der Waals surface area (Å²) in [5.74, 6) is 5.47. The van der Waals surface area contributed by atoms with Gasteiger partial charge in [0.15, 0.2) is 0 Å². The highest BCUT2D eigenvalue weighted by Crippen LogP contribution is 2.13. The second-order valence-corrected chi connectivity index (χ2v) is 4.41. The number of aromatic nitrogens is 2. The van der Waals surface area contributed by atoms with Crippen molar-refractivity contribution < 1.29 is 9.90 Å². The second kappa shape index (κ2) is 7.17. The largest absolute Gasteiger partial charge is 0.395 e. The molecule has 1 aromatic carbocycles. The van der Waals surface area contributed by atoms with E-state index in [1.54, 1.807) is 12.1 Å². The van der Waals surface area contributed by atoms with Gasteiger partial charge in [-0.15, -0.1) is 0 Å². The van der Waals surface area contributed by atoms with Crippen LogP contribution in [0.25, 0.3) is 0 Å². The number of anilines is 1. The van der Waals surface area contributed by atoms with Crippen molar-refractivity contribution in [1.82, 2.24) is 9.97 Å². The zero-order valence-electron chi connectivity index (χ0n) is 11.6. The molecule has 0 aliphatic carbocycles. The van der Waals surface area contributed by atoms with Gasteiger partial charge in [-0.1, -0.05) is 23.5 Å². The van der Waals surface area contributed by atoms with Crippen LogP contribution in [-0.4, -0.2) is 27.6 Å². The fourth-order valence-corrected chi connectivity index (χ4v) is 1.73. The summed E-state index contributed by atoms with van der Waals surface area (Å²) in [4.78, 5) is 20.0. The molecule has 0 fully saturated rings. The summed E-state index contributed by atoms with van der Waals surface area (Å²) in [6.45, 7) is 1.91. The molecule has 0 saturated heterocycles. The lowest BCUT2D eigenvalue weighted by Gasteiger charge is -2.07. The van der Waals surface area contributed by atoms with E-state index in [0.29, 0.717) is 23.2 Å². The molecule has 2 aromatic rings. The number of benzene rings is 1. The SMILES string of the molecule is Cc1ccc(C#CCCO)c(C(=O)Nc2cncnc2)c1. The second-order valence-electron chi connectivity index (χ2n) is 4.41. The fraction of sp³-hybridized carbons (Fsp3) is 0.188. The molecule has 0 aliphatic rings. The van der Waals surface area contributed by atoms with Crippen LogP contribution >= 0.6 is 0 Å². The van der Waals surface area contributed by atoms with E-state index >= 15 is 0 Å². The molecule has 21 heavy (non-hydrogen) atoms. The van der Waals surface area contributed by atoms with Crippen LogP contribution in [0, 0.1) is 18.8 Å². The Morgan fingerprint density at radius 2 is 2.10 bits per heavy atom. The fourth-order valence-electron chi connectivity index (χ4n) is 1.73. The first-order chi connectivity index (χ1) is 10.2. The maximum Gasteiger partial charge on any atom is 0.257 e. The average molecular weight is 281 g/mol. The van der Waals surface area contributed by atoms with Gasteiger partial charge < -0.3 is 10.4 Å². The third-order valence-corrected chi connectivity index (χ3v) is 2.70. The van der Waals surface area contributed by atoms with Gasteiger partial charge in [0.25, 0.3) is 5.91 Å². The van der Waals surface area contributed by atoms with E-state index in [-0.39, 0.29) is 12.5 Å². The first-order valence-electron chi connectivity index (χ1n) is 6.47. The van der Waals surface area contributed by atoms with Crippen molar-refractivity contribution >= 4 is 11.6 Å². The molecule has 1 aromatic heterocycles. The molecule has 1 amide bonds. The molecule has 0 bridgehead atoms. The van der Waals surface area contributed by atoms with Gasteiger partial charge in [-0.2, -0.15) is 0 Å². The minimum Gasteiger partial charge on any atom is -0.395 e. The lowest BCUT2D eigenvalue weighted by molar-refractivity contribution is 0.102. The van der Waals surface area contributed by atoms with Gasteiger partial charge in [-0.05, 0) is 19.1 Å². The van der Waals surface area contributed by atoms with Crippen LogP contribution in [0.5, 0.6) is 0 Å². The Kier molecular flexibility index (Phi) is 5.02. The molecule has 0 spiro atoms. The molecule has 5 heteroatoms. The Balaban J connectivity index is 2.27. The topological polar surface area (TPSA) is 75.1 Å². The van der Waals surface area contributed by atoms with Gasteiger partial charge in [0.2, 0.25) is 0 Å². The Morgan fingerprint density at radius 3 is 2.81 bits per heavy atom. The number of carbonyl (C=O) groups excluding carboxylic acids is 1. The highest BCUT2D eigenvalue weighted by atomic mass is 16.2. The maximum absolute atomic E-state index is 12.3. The van der Waals surface area contributed by atoms with Crippen LogP contribution in [-0.2, 0) is 0 Å². The van der Waals surface area contributed by atoms with Gasteiger partial charge in [0, 0.05) is 12.0 Å². The molecule has 0 unspecified atom stereocenters. The predicted octanol–water partition coefficient (Wildman–Crippen LogP) is 1.77. The molecule has 0 radical (unpaired) electrons. The van der Waals surface area contributed by atoms with E-state index in [1.165, 1.54) is 18.7 Å². The van der Waals surface area contributed by atoms with Crippen LogP contribution in [0.2, 0.25) is 0 Å². The van der Waals surface area contributed by atoms with E-state index in [4.69, 9.17) is 5.11 Å². The monoisotopic (exact) mass is 281 g/mol. The van der Waals surface area contributed by atoms with E-state index in [2.05, 4.69) is 27.1 Å². The third kappa shape index (κ3) is 4.13. The van der Waals surface area contributed by atoms with E-state index < -0.39 is 0 Å². The normalized spacial score (nSPS) is 9.62. The average Bonchev–Trinajstić information content (AvgIpc) is 2.50. The summed E-state index contributed by atoms with van der Waals surface area (Å²) in [6, 6.07) is 5.48. The van der Waals surface area contributed by atoms with Gasteiger partial charge in [0.05, 0.1) is 30.3 Å². The number of carbonyl (C=O) groups is 1. The number of aryl methyl sites for hydroxylation is 1. The van der Waals surface area contributed by atoms with Crippen molar-refractivity contribution in [3.8, 4) is 11.8 Å². The molecule has 0 aliphatic heterocycles. The van der Waals surface area contributed by atoms with Gasteiger partial charge in [0.1, 0.15) is 6.33 Å². The predicted molar refractivity (Wildman–Crippen MR) is 79.7 cm³/mol. The maximum atomic E-state index is 12.3. The molecular formula is C16H15N3O2. The van der Waals surface area contributed by atoms with E-state index in [1.807, 2.05) is 13.0 Å². The van der Waals surface area contributed by atoms with Crippen molar-refractivity contribution in [3.63, 3.8) is 0 Å². The van der Waals surface area contributed by atoms with Crippen molar-refractivity contribution in [2.24, 2.45) is 0 Å². The van der Waals surface area contributed by atoms with E-state index in [9.17, 15) is 4.79 Å². The standard InChI is InChI=1S/C16H15N3O2/c1-12-5-6-13(4-2-3-7-20)15(8-12)16(21)19-14-9-17-11-18-10-14/h5-6,8-11,20H,3,7H2,1H3,(H,19,21). The van der Waals surface area contributed by atoms with Crippen LogP contribution in [0.4, 0.5) is 5.69 Å². The number of amides is 1. The summed E-state index contributed by atoms with van der Waals surface area (Å²) < 4.78 is 0. The molecule has 2 N–H and O–H groups in total. The zero-order chi connectivity index (χ0) is 15.1. The summed E-state index contributed by atoms with van der Waals surface area (Å²) >= 11 is 0. The zero-order valence-corrected chi connectivity index (χ0v) is 11.6. The number of aliphatic hydroxyl groups excluding tert-OH is 1. The number of rotatable bonds is 3. The lowest BCUT2D eigenvalue weighted by atomic mass is 10.0. The molecule has 1 heterocycles. The van der Waals surface area contributed by atoms with Crippen molar-refractivity contribution in [3.05, 3.63) is 53.6 Å². The quantitative estimate of drug-likeness (QED) is 0.841. The number of nitrogens with one attached hydrogen (secondary N) is 1. The Bertz CT molecular complexity index is 688. The number of nitrogens with zero attached hydrogens (tertiary/aromatic N) is 2. The lowest BCUT2D eigenvalue weighted by Crippen LogP contribution is -2.14. The van der Waals surface area contributed by atoms with Gasteiger partial charge in [-0.25, -0.2) is 9.97 Å². The van der Waals surface area contributed by atoms with Crippen LogP contribution in [0.1, 0.15) is 27.9 Å². The molecule has 0 saturated carbocycles. The minimum absolute atomic E-state index is 0.00173. The first kappa shape index (κ1) is 14.7. The summed E-state index contributed by atoms with van der Waals surface area (Å²) in [7, 11) is 0. The Morgan fingerprint density at radius 1 is 1.33 bits per heavy atom. The summed E-state index contributed by atoms with van der Waals surface area (Å²) in [6.07, 6.45) is 4.82. The van der Waals surface area contributed by atoms with Crippen LogP contribution in [0.3, 0.4) is 0 Å². The molecule has 2 rings (SSSR count). The Hall–Kier alpha value is -2.71. The van der Waals surface area contributed by atoms with Crippen molar-refractivity contribution in [1.29, 1.82) is 0 Å². The molecular weight excluding hydrogens is 266 g/mol. The van der Waals surface area contributed by atoms with E-state index in [0.717, 1.165) is 5.56 Å². The molecule has 5 nitrogen and oxygen atoms in total. The first-order valence-corrected chi connectivity index (χ1v) is 6.47. The van der Waals surface area contributed by atoms with Crippen LogP contribution in [0.15, 0.2) is 36.9 Å². The van der Waals surface area contributed by atoms with Crippen molar-refractivity contribution in [2.45, 2.75) is 13.3 Å². The third-order valence-electron chi connectivity index (χ3n) is 2.70. The van der Waals surface area contributed by atoms with Crippen LogP contribution < -0.4 is 5.32 Å². The highest BCUT2D eigenvalue weighted by Gasteiger charge is 2.11. The molecule has 0 atom stereocenters. The van der Waals surface area contributed by atoms with Gasteiger partial charge in [-0.3, -0.25) is 4.79 Å². The number of hydrogen-bond acceptors (Lipinski definition) is 4. The summed E-state index contributed by atoms with van der Waals surface area (Å²) in [5.41, 5.74) is 2.61. The van der Waals surface area contributed by atoms with Crippen molar-refractivity contribution in [2.75, 3.05) is 11.9 Å². The molecule has 106 valence electrons. The summed E-state index contributed by atoms with van der Waals surface area (Å²) in [5, 5.41) is 11.5. The Labute approximate surface area is 123 Å².